The number of hydrogen-bond acceptors (Lipinski definition) is 5. The summed E-state index contributed by atoms with van der Waals surface area (Å²) < 4.78 is 16.3. The van der Waals surface area contributed by atoms with E-state index in [1.54, 1.807) is 26.4 Å². The monoisotopic (exact) mass is 308 g/mol. The molecule has 0 aliphatic heterocycles. The largest absolute Gasteiger partial charge is 0.497 e. The zero-order valence-electron chi connectivity index (χ0n) is 13.0. The lowest BCUT2D eigenvalue weighted by Crippen LogP contribution is -2.05. The lowest BCUT2D eigenvalue weighted by atomic mass is 10.1. The molecule has 0 saturated heterocycles. The summed E-state index contributed by atoms with van der Waals surface area (Å²) in [4.78, 5) is 4.63. The average molecular weight is 308 g/mol. The van der Waals surface area contributed by atoms with Gasteiger partial charge < -0.3 is 14.2 Å². The first kappa shape index (κ1) is 15.1. The zero-order chi connectivity index (χ0) is 16.2. The fourth-order valence-electron chi connectivity index (χ4n) is 2.46. The lowest BCUT2D eigenvalue weighted by molar-refractivity contribution is 0.148. The molecule has 3 aromatic rings. The molecule has 0 N–H and O–H groups in total. The molecule has 1 aromatic heterocycles. The number of rotatable bonds is 5. The molecule has 0 fully saturated rings. The highest BCUT2D eigenvalue weighted by atomic mass is 16.5. The molecule has 5 nitrogen and oxygen atoms in total. The molecule has 3 rings (SSSR count). The highest BCUT2D eigenvalue weighted by Gasteiger charge is 2.12. The van der Waals surface area contributed by atoms with E-state index in [4.69, 9.17) is 19.5 Å². The Bertz CT molecular complexity index is 900. The van der Waals surface area contributed by atoms with Gasteiger partial charge in [-0.05, 0) is 36.4 Å². The molecular weight excluding hydrogens is 292 g/mol. The van der Waals surface area contributed by atoms with E-state index < -0.39 is 0 Å². The average Bonchev–Trinajstić information content (AvgIpc) is 2.60. The van der Waals surface area contributed by atoms with Crippen LogP contribution in [0.2, 0.25) is 0 Å². The number of benzene rings is 2. The van der Waals surface area contributed by atoms with Crippen LogP contribution in [0.1, 0.15) is 5.56 Å². The Morgan fingerprint density at radius 1 is 1.00 bits per heavy atom. The maximum Gasteiger partial charge on any atom is 0.138 e. The summed E-state index contributed by atoms with van der Waals surface area (Å²) in [5, 5.41) is 10.8. The smallest absolute Gasteiger partial charge is 0.138 e. The van der Waals surface area contributed by atoms with Gasteiger partial charge in [-0.15, -0.1) is 0 Å². The van der Waals surface area contributed by atoms with Crippen LogP contribution in [-0.4, -0.2) is 32.4 Å². The van der Waals surface area contributed by atoms with E-state index in [9.17, 15) is 0 Å². The summed E-state index contributed by atoms with van der Waals surface area (Å²) in [6.07, 6.45) is 0. The minimum Gasteiger partial charge on any atom is -0.497 e. The van der Waals surface area contributed by atoms with Crippen molar-refractivity contribution in [1.29, 1.82) is 5.26 Å². The maximum atomic E-state index is 9.08. The summed E-state index contributed by atoms with van der Waals surface area (Å²) in [5.41, 5.74) is 2.09. The number of fused-ring (bicyclic) bond motifs is 2. The van der Waals surface area contributed by atoms with Crippen LogP contribution in [0.15, 0.2) is 36.4 Å². The van der Waals surface area contributed by atoms with E-state index in [0.717, 1.165) is 33.3 Å². The third-order valence-corrected chi connectivity index (χ3v) is 3.59. The van der Waals surface area contributed by atoms with Crippen molar-refractivity contribution in [3.05, 3.63) is 42.0 Å². The Balaban J connectivity index is 2.25. The fraction of sp³-hybridized carbons (Fsp3) is 0.222. The Morgan fingerprint density at radius 3 is 2.61 bits per heavy atom. The van der Waals surface area contributed by atoms with E-state index in [1.807, 2.05) is 24.3 Å². The van der Waals surface area contributed by atoms with Crippen molar-refractivity contribution in [1.82, 2.24) is 4.98 Å². The van der Waals surface area contributed by atoms with Crippen LogP contribution in [0.4, 0.5) is 0 Å². The van der Waals surface area contributed by atoms with Crippen molar-refractivity contribution >= 4 is 21.8 Å². The van der Waals surface area contributed by atoms with Gasteiger partial charge in [0.15, 0.2) is 0 Å². The van der Waals surface area contributed by atoms with Crippen LogP contribution in [0, 0.1) is 11.3 Å². The molecule has 2 aromatic carbocycles. The molecule has 23 heavy (non-hydrogen) atoms. The predicted octanol–water partition coefficient (Wildman–Crippen LogP) is 3.29. The number of pyridine rings is 1. The van der Waals surface area contributed by atoms with Crippen LogP contribution >= 0.6 is 0 Å². The van der Waals surface area contributed by atoms with Crippen molar-refractivity contribution in [2.45, 2.75) is 0 Å². The number of ether oxygens (including phenoxy) is 3. The quantitative estimate of drug-likeness (QED) is 0.534. The van der Waals surface area contributed by atoms with Gasteiger partial charge in [0.1, 0.15) is 18.1 Å². The molecule has 0 spiro atoms. The first-order chi connectivity index (χ1) is 11.3. The second-order valence-corrected chi connectivity index (χ2v) is 5.01. The van der Waals surface area contributed by atoms with Gasteiger partial charge in [0, 0.05) is 17.9 Å². The Kier molecular flexibility index (Phi) is 4.26. The molecule has 116 valence electrons. The van der Waals surface area contributed by atoms with E-state index in [2.05, 4.69) is 11.1 Å². The number of nitriles is 1. The van der Waals surface area contributed by atoms with Gasteiger partial charge in [0.25, 0.3) is 0 Å². The molecule has 0 atom stereocenters. The van der Waals surface area contributed by atoms with Crippen molar-refractivity contribution in [3.63, 3.8) is 0 Å². The number of aromatic nitrogens is 1. The third kappa shape index (κ3) is 2.89. The van der Waals surface area contributed by atoms with Crippen LogP contribution in [0.5, 0.6) is 11.5 Å². The van der Waals surface area contributed by atoms with Gasteiger partial charge in [-0.3, -0.25) is 0 Å². The molecule has 0 unspecified atom stereocenters. The Hall–Kier alpha value is -2.84. The van der Waals surface area contributed by atoms with Gasteiger partial charge in [-0.25, -0.2) is 4.98 Å². The van der Waals surface area contributed by atoms with Crippen LogP contribution in [0.25, 0.3) is 21.8 Å². The maximum absolute atomic E-state index is 9.08. The van der Waals surface area contributed by atoms with Gasteiger partial charge in [0.05, 0.1) is 36.4 Å². The predicted molar refractivity (Wildman–Crippen MR) is 87.9 cm³/mol. The summed E-state index contributed by atoms with van der Waals surface area (Å²) >= 11 is 0. The molecule has 0 aliphatic rings. The summed E-state index contributed by atoms with van der Waals surface area (Å²) in [6, 6.07) is 13.2. The second-order valence-electron chi connectivity index (χ2n) is 5.01. The van der Waals surface area contributed by atoms with Crippen LogP contribution < -0.4 is 9.47 Å². The molecule has 5 heteroatoms. The standard InChI is InChI=1S/C18H16N2O3/c1-21-7-8-23-18-14-5-3-12(11-19)9-17(14)20-16-6-4-13(22-2)10-15(16)18/h3-6,9-10H,7-8H2,1-2H3. The number of hydrogen-bond donors (Lipinski definition) is 0. The first-order valence-corrected chi connectivity index (χ1v) is 7.20. The van der Waals surface area contributed by atoms with Crippen LogP contribution in [-0.2, 0) is 4.74 Å². The highest BCUT2D eigenvalue weighted by Crippen LogP contribution is 2.35. The van der Waals surface area contributed by atoms with E-state index in [0.29, 0.717) is 18.8 Å². The molecule has 1 heterocycles. The van der Waals surface area contributed by atoms with Crippen molar-refractivity contribution < 1.29 is 14.2 Å². The number of nitrogens with zero attached hydrogens (tertiary/aromatic N) is 2. The zero-order valence-corrected chi connectivity index (χ0v) is 13.0. The highest BCUT2D eigenvalue weighted by molar-refractivity contribution is 6.01. The SMILES string of the molecule is COCCOc1c2ccc(C#N)cc2nc2ccc(OC)cc12. The van der Waals surface area contributed by atoms with Crippen molar-refractivity contribution in [2.24, 2.45) is 0 Å². The minimum atomic E-state index is 0.432. The molecule has 0 saturated carbocycles. The summed E-state index contributed by atoms with van der Waals surface area (Å²) in [5.74, 6) is 1.47. The van der Waals surface area contributed by atoms with Gasteiger partial charge in [-0.2, -0.15) is 5.26 Å². The lowest BCUT2D eigenvalue weighted by Gasteiger charge is -2.13. The van der Waals surface area contributed by atoms with E-state index in [1.165, 1.54) is 0 Å². The third-order valence-electron chi connectivity index (χ3n) is 3.59. The molecule has 0 aliphatic carbocycles. The van der Waals surface area contributed by atoms with Crippen molar-refractivity contribution in [2.75, 3.05) is 27.4 Å². The second kappa shape index (κ2) is 6.51. The van der Waals surface area contributed by atoms with E-state index in [-0.39, 0.29) is 0 Å². The summed E-state index contributed by atoms with van der Waals surface area (Å²) in [6.45, 7) is 0.924. The topological polar surface area (TPSA) is 64.4 Å². The fourth-order valence-corrected chi connectivity index (χ4v) is 2.46. The minimum absolute atomic E-state index is 0.432. The van der Waals surface area contributed by atoms with Gasteiger partial charge in [-0.1, -0.05) is 0 Å². The first-order valence-electron chi connectivity index (χ1n) is 7.20. The molecule has 0 bridgehead atoms. The van der Waals surface area contributed by atoms with Gasteiger partial charge in [0.2, 0.25) is 0 Å². The molecule has 0 amide bonds. The van der Waals surface area contributed by atoms with E-state index >= 15 is 0 Å². The molecule has 0 radical (unpaired) electrons. The Morgan fingerprint density at radius 2 is 1.87 bits per heavy atom. The van der Waals surface area contributed by atoms with Crippen LogP contribution in [0.3, 0.4) is 0 Å². The van der Waals surface area contributed by atoms with Gasteiger partial charge >= 0.3 is 0 Å². The van der Waals surface area contributed by atoms with Crippen molar-refractivity contribution in [3.8, 4) is 17.6 Å². The summed E-state index contributed by atoms with van der Waals surface area (Å²) in [7, 11) is 3.26. The number of methoxy groups -OCH3 is 2. The molecular formula is C18H16N2O3. The normalized spacial score (nSPS) is 10.7. The Labute approximate surface area is 134 Å².